The SMILES string of the molecule is c1coc(CNc2ccc(-c3cnco3)cc2)c1. The summed E-state index contributed by atoms with van der Waals surface area (Å²) in [4.78, 5) is 3.90. The molecule has 1 N–H and O–H groups in total. The molecule has 0 aliphatic carbocycles. The molecule has 0 unspecified atom stereocenters. The second-order valence-electron chi connectivity index (χ2n) is 3.88. The highest BCUT2D eigenvalue weighted by atomic mass is 16.3. The van der Waals surface area contributed by atoms with Gasteiger partial charge in [0, 0.05) is 11.3 Å². The second kappa shape index (κ2) is 4.79. The molecule has 4 nitrogen and oxygen atoms in total. The van der Waals surface area contributed by atoms with Crippen LogP contribution in [0.25, 0.3) is 11.3 Å². The van der Waals surface area contributed by atoms with E-state index in [2.05, 4.69) is 10.3 Å². The second-order valence-corrected chi connectivity index (χ2v) is 3.88. The van der Waals surface area contributed by atoms with Crippen LogP contribution in [-0.2, 0) is 6.54 Å². The lowest BCUT2D eigenvalue weighted by atomic mass is 10.1. The fourth-order valence-electron chi connectivity index (χ4n) is 1.71. The Morgan fingerprint density at radius 3 is 2.61 bits per heavy atom. The van der Waals surface area contributed by atoms with Gasteiger partial charge in [-0.05, 0) is 36.4 Å². The lowest BCUT2D eigenvalue weighted by Gasteiger charge is -2.04. The maximum absolute atomic E-state index is 5.25. The van der Waals surface area contributed by atoms with Gasteiger partial charge in [0.1, 0.15) is 5.76 Å². The van der Waals surface area contributed by atoms with Crippen molar-refractivity contribution in [2.45, 2.75) is 6.54 Å². The third-order valence-corrected chi connectivity index (χ3v) is 2.65. The molecule has 0 saturated carbocycles. The molecule has 3 aromatic rings. The van der Waals surface area contributed by atoms with Gasteiger partial charge in [0.05, 0.1) is 19.0 Å². The maximum atomic E-state index is 5.25. The normalized spacial score (nSPS) is 10.4. The predicted molar refractivity (Wildman–Crippen MR) is 68.0 cm³/mol. The van der Waals surface area contributed by atoms with E-state index in [0.29, 0.717) is 6.54 Å². The molecule has 0 fully saturated rings. The number of oxazole rings is 1. The molecule has 0 saturated heterocycles. The number of nitrogens with one attached hydrogen (secondary N) is 1. The molecule has 3 rings (SSSR count). The highest BCUT2D eigenvalue weighted by Crippen LogP contribution is 2.20. The van der Waals surface area contributed by atoms with Gasteiger partial charge in [-0.3, -0.25) is 0 Å². The average molecular weight is 240 g/mol. The molecule has 0 atom stereocenters. The zero-order valence-corrected chi connectivity index (χ0v) is 9.67. The van der Waals surface area contributed by atoms with E-state index in [-0.39, 0.29) is 0 Å². The van der Waals surface area contributed by atoms with Crippen LogP contribution < -0.4 is 5.32 Å². The maximum Gasteiger partial charge on any atom is 0.181 e. The van der Waals surface area contributed by atoms with Crippen LogP contribution in [0.5, 0.6) is 0 Å². The predicted octanol–water partition coefficient (Wildman–Crippen LogP) is 3.55. The summed E-state index contributed by atoms with van der Waals surface area (Å²) < 4.78 is 10.5. The largest absolute Gasteiger partial charge is 0.467 e. The Morgan fingerprint density at radius 2 is 1.94 bits per heavy atom. The van der Waals surface area contributed by atoms with Crippen molar-refractivity contribution in [3.05, 3.63) is 61.0 Å². The van der Waals surface area contributed by atoms with Crippen LogP contribution >= 0.6 is 0 Å². The van der Waals surface area contributed by atoms with Crippen molar-refractivity contribution in [3.8, 4) is 11.3 Å². The number of furan rings is 1. The Hall–Kier alpha value is -2.49. The van der Waals surface area contributed by atoms with E-state index >= 15 is 0 Å². The zero-order valence-electron chi connectivity index (χ0n) is 9.67. The minimum atomic E-state index is 0.675. The minimum Gasteiger partial charge on any atom is -0.467 e. The first-order chi connectivity index (χ1) is 8.92. The van der Waals surface area contributed by atoms with E-state index in [1.165, 1.54) is 6.39 Å². The molecule has 90 valence electrons. The van der Waals surface area contributed by atoms with Crippen LogP contribution in [-0.4, -0.2) is 4.98 Å². The van der Waals surface area contributed by atoms with Gasteiger partial charge in [0.2, 0.25) is 0 Å². The summed E-state index contributed by atoms with van der Waals surface area (Å²) in [7, 11) is 0. The molecule has 2 aromatic heterocycles. The summed E-state index contributed by atoms with van der Waals surface area (Å²) in [5, 5.41) is 3.28. The van der Waals surface area contributed by atoms with Crippen molar-refractivity contribution < 1.29 is 8.83 Å². The van der Waals surface area contributed by atoms with E-state index in [1.54, 1.807) is 12.5 Å². The van der Waals surface area contributed by atoms with Crippen LogP contribution in [0, 0.1) is 0 Å². The first kappa shape index (κ1) is 10.7. The fourth-order valence-corrected chi connectivity index (χ4v) is 1.71. The van der Waals surface area contributed by atoms with Gasteiger partial charge in [-0.25, -0.2) is 4.98 Å². The van der Waals surface area contributed by atoms with Gasteiger partial charge in [-0.15, -0.1) is 0 Å². The van der Waals surface area contributed by atoms with Crippen molar-refractivity contribution in [2.24, 2.45) is 0 Å². The molecule has 0 bridgehead atoms. The first-order valence-electron chi connectivity index (χ1n) is 5.67. The summed E-state index contributed by atoms with van der Waals surface area (Å²) in [5.41, 5.74) is 2.05. The fraction of sp³-hybridized carbons (Fsp3) is 0.0714. The minimum absolute atomic E-state index is 0.675. The average Bonchev–Trinajstić information content (AvgIpc) is 3.10. The summed E-state index contributed by atoms with van der Waals surface area (Å²) in [6.07, 6.45) is 4.80. The van der Waals surface area contributed by atoms with Crippen molar-refractivity contribution in [3.63, 3.8) is 0 Å². The third kappa shape index (κ3) is 2.27. The lowest BCUT2D eigenvalue weighted by molar-refractivity contribution is 0.518. The number of rotatable bonds is 4. The van der Waals surface area contributed by atoms with E-state index < -0.39 is 0 Å². The summed E-state index contributed by atoms with van der Waals surface area (Å²) >= 11 is 0. The Labute approximate surface area is 104 Å². The molecule has 18 heavy (non-hydrogen) atoms. The monoisotopic (exact) mass is 240 g/mol. The van der Waals surface area contributed by atoms with E-state index in [0.717, 1.165) is 22.8 Å². The molecule has 0 spiro atoms. The molecule has 0 aliphatic heterocycles. The van der Waals surface area contributed by atoms with Crippen LogP contribution in [0.4, 0.5) is 5.69 Å². The molecule has 0 aliphatic rings. The number of anilines is 1. The first-order valence-corrected chi connectivity index (χ1v) is 5.67. The van der Waals surface area contributed by atoms with Crippen LogP contribution in [0.2, 0.25) is 0 Å². The van der Waals surface area contributed by atoms with Crippen LogP contribution in [0.3, 0.4) is 0 Å². The van der Waals surface area contributed by atoms with Crippen LogP contribution in [0.1, 0.15) is 5.76 Å². The Balaban J connectivity index is 1.68. The van der Waals surface area contributed by atoms with Crippen molar-refractivity contribution in [1.29, 1.82) is 0 Å². The van der Waals surface area contributed by atoms with Gasteiger partial charge in [0.15, 0.2) is 12.2 Å². The van der Waals surface area contributed by atoms with E-state index in [9.17, 15) is 0 Å². The molecule has 2 heterocycles. The number of benzene rings is 1. The van der Waals surface area contributed by atoms with Crippen molar-refractivity contribution in [2.75, 3.05) is 5.32 Å². The molecule has 1 aromatic carbocycles. The van der Waals surface area contributed by atoms with Crippen molar-refractivity contribution >= 4 is 5.69 Å². The Morgan fingerprint density at radius 1 is 1.06 bits per heavy atom. The van der Waals surface area contributed by atoms with E-state index in [1.807, 2.05) is 36.4 Å². The number of hydrogen-bond donors (Lipinski definition) is 1. The molecule has 4 heteroatoms. The smallest absolute Gasteiger partial charge is 0.181 e. The highest BCUT2D eigenvalue weighted by molar-refractivity contribution is 5.60. The summed E-state index contributed by atoms with van der Waals surface area (Å²) in [6.45, 7) is 0.675. The zero-order chi connectivity index (χ0) is 12.2. The quantitative estimate of drug-likeness (QED) is 0.757. The Kier molecular flexibility index (Phi) is 2.84. The number of nitrogens with zero attached hydrogens (tertiary/aromatic N) is 1. The van der Waals surface area contributed by atoms with Gasteiger partial charge < -0.3 is 14.2 Å². The topological polar surface area (TPSA) is 51.2 Å². The highest BCUT2D eigenvalue weighted by Gasteiger charge is 2.01. The van der Waals surface area contributed by atoms with Gasteiger partial charge >= 0.3 is 0 Å². The standard InChI is InChI=1S/C14H12N2O2/c1-2-13(17-7-1)8-16-12-5-3-11(4-6-12)14-9-15-10-18-14/h1-7,9-10,16H,8H2. The summed E-state index contributed by atoms with van der Waals surface area (Å²) in [5.74, 6) is 1.68. The molecule has 0 amide bonds. The third-order valence-electron chi connectivity index (χ3n) is 2.65. The summed E-state index contributed by atoms with van der Waals surface area (Å²) in [6, 6.07) is 11.8. The number of aromatic nitrogens is 1. The molecule has 0 radical (unpaired) electrons. The van der Waals surface area contributed by atoms with Crippen LogP contribution in [0.15, 0.2) is 64.1 Å². The van der Waals surface area contributed by atoms with Crippen molar-refractivity contribution in [1.82, 2.24) is 4.98 Å². The van der Waals surface area contributed by atoms with Gasteiger partial charge in [-0.1, -0.05) is 0 Å². The number of hydrogen-bond acceptors (Lipinski definition) is 4. The van der Waals surface area contributed by atoms with E-state index in [4.69, 9.17) is 8.83 Å². The lowest BCUT2D eigenvalue weighted by Crippen LogP contribution is -1.97. The Bertz CT molecular complexity index is 583. The molecular formula is C14H12N2O2. The van der Waals surface area contributed by atoms with Gasteiger partial charge in [-0.2, -0.15) is 0 Å². The molecular weight excluding hydrogens is 228 g/mol. The van der Waals surface area contributed by atoms with Gasteiger partial charge in [0.25, 0.3) is 0 Å².